The van der Waals surface area contributed by atoms with E-state index in [-0.39, 0.29) is 17.2 Å². The molecule has 2 N–H and O–H groups in total. The molecule has 0 atom stereocenters. The molecule has 120 valence electrons. The lowest BCUT2D eigenvalue weighted by atomic mass is 10.3. The first-order valence-electron chi connectivity index (χ1n) is 7.34. The third-order valence-corrected chi connectivity index (χ3v) is 5.21. The predicted molar refractivity (Wildman–Crippen MR) is 94.5 cm³/mol. The van der Waals surface area contributed by atoms with Gasteiger partial charge in [-0.25, -0.2) is 4.98 Å². The van der Waals surface area contributed by atoms with Gasteiger partial charge in [0.25, 0.3) is 5.56 Å². The molecule has 1 aromatic heterocycles. The summed E-state index contributed by atoms with van der Waals surface area (Å²) in [5.74, 6) is 0.0991. The molecule has 7 heteroatoms. The molecule has 1 aliphatic carbocycles. The van der Waals surface area contributed by atoms with Crippen LogP contribution in [0.4, 0.5) is 5.69 Å². The number of aromatic nitrogens is 2. The summed E-state index contributed by atoms with van der Waals surface area (Å²) in [6.45, 7) is 0. The summed E-state index contributed by atoms with van der Waals surface area (Å²) in [5.41, 5.74) is 2.39. The number of rotatable bonds is 5. The van der Waals surface area contributed by atoms with Crippen LogP contribution in [0.25, 0.3) is 0 Å². The zero-order valence-electron chi connectivity index (χ0n) is 12.7. The third kappa shape index (κ3) is 3.97. The minimum atomic E-state index is -0.114. The van der Waals surface area contributed by atoms with Crippen molar-refractivity contribution >= 4 is 35.1 Å². The Hall–Kier alpha value is -1.73. The molecule has 3 rings (SSSR count). The van der Waals surface area contributed by atoms with Crippen LogP contribution in [0.1, 0.15) is 17.7 Å². The number of hydrogen-bond acceptors (Lipinski definition) is 5. The van der Waals surface area contributed by atoms with Crippen molar-refractivity contribution in [2.45, 2.75) is 29.3 Å². The second-order valence-electron chi connectivity index (χ2n) is 5.22. The van der Waals surface area contributed by atoms with Gasteiger partial charge in [-0.05, 0) is 43.7 Å². The van der Waals surface area contributed by atoms with E-state index in [1.165, 1.54) is 11.8 Å². The van der Waals surface area contributed by atoms with Gasteiger partial charge in [0, 0.05) is 16.1 Å². The van der Waals surface area contributed by atoms with Gasteiger partial charge >= 0.3 is 0 Å². The van der Waals surface area contributed by atoms with Crippen LogP contribution in [0, 0.1) is 0 Å². The maximum Gasteiger partial charge on any atom is 0.254 e. The number of aryl methyl sites for hydroxylation is 1. The van der Waals surface area contributed by atoms with Crippen LogP contribution < -0.4 is 10.9 Å². The van der Waals surface area contributed by atoms with E-state index in [0.29, 0.717) is 5.16 Å². The summed E-state index contributed by atoms with van der Waals surface area (Å²) in [6, 6.07) is 7.70. The molecule has 5 nitrogen and oxygen atoms in total. The zero-order chi connectivity index (χ0) is 16.2. The minimum absolute atomic E-state index is 0.0666. The van der Waals surface area contributed by atoms with Gasteiger partial charge in [0.15, 0.2) is 5.16 Å². The quantitative estimate of drug-likeness (QED) is 0.642. The molecule has 0 fully saturated rings. The van der Waals surface area contributed by atoms with E-state index >= 15 is 0 Å². The smallest absolute Gasteiger partial charge is 0.254 e. The Balaban J connectivity index is 1.61. The Kier molecular flexibility index (Phi) is 5.07. The summed E-state index contributed by atoms with van der Waals surface area (Å²) in [7, 11) is 0. The molecule has 1 heterocycles. The maximum atomic E-state index is 12.0. The third-order valence-electron chi connectivity index (χ3n) is 3.61. The van der Waals surface area contributed by atoms with E-state index in [9.17, 15) is 9.59 Å². The number of nitrogens with one attached hydrogen (secondary N) is 2. The van der Waals surface area contributed by atoms with Gasteiger partial charge in [-0.15, -0.1) is 11.8 Å². The number of nitrogens with zero attached hydrogens (tertiary/aromatic N) is 1. The van der Waals surface area contributed by atoms with Crippen molar-refractivity contribution < 1.29 is 4.79 Å². The number of thioether (sulfide) groups is 2. The molecule has 0 bridgehead atoms. The van der Waals surface area contributed by atoms with E-state index in [0.717, 1.165) is 41.1 Å². The highest BCUT2D eigenvalue weighted by Gasteiger charge is 2.17. The highest BCUT2D eigenvalue weighted by atomic mass is 32.2. The van der Waals surface area contributed by atoms with Crippen molar-refractivity contribution in [1.82, 2.24) is 9.97 Å². The fraction of sp³-hybridized carbons (Fsp3) is 0.312. The normalized spacial score (nSPS) is 12.9. The number of carbonyl (C=O) groups is 1. The fourth-order valence-corrected chi connectivity index (χ4v) is 3.66. The highest BCUT2D eigenvalue weighted by Crippen LogP contribution is 2.21. The van der Waals surface area contributed by atoms with Crippen molar-refractivity contribution in [3.63, 3.8) is 0 Å². The summed E-state index contributed by atoms with van der Waals surface area (Å²) in [4.78, 5) is 32.3. The van der Waals surface area contributed by atoms with E-state index in [1.54, 1.807) is 11.8 Å². The van der Waals surface area contributed by atoms with Gasteiger partial charge < -0.3 is 10.3 Å². The Labute approximate surface area is 142 Å². The van der Waals surface area contributed by atoms with Crippen LogP contribution in [0.15, 0.2) is 39.1 Å². The van der Waals surface area contributed by atoms with Crippen LogP contribution in [0.3, 0.4) is 0 Å². The largest absolute Gasteiger partial charge is 0.325 e. The van der Waals surface area contributed by atoms with Crippen molar-refractivity contribution in [3.05, 3.63) is 45.9 Å². The first-order valence-corrected chi connectivity index (χ1v) is 9.55. The molecule has 0 saturated carbocycles. The summed E-state index contributed by atoms with van der Waals surface area (Å²) in [5, 5.41) is 3.38. The number of H-pyrrole nitrogens is 1. The number of fused-ring (bicyclic) bond motifs is 1. The average molecular weight is 347 g/mol. The lowest BCUT2D eigenvalue weighted by molar-refractivity contribution is -0.113. The van der Waals surface area contributed by atoms with Gasteiger partial charge in [-0.2, -0.15) is 0 Å². The first kappa shape index (κ1) is 16.1. The first-order chi connectivity index (χ1) is 11.2. The molecule has 1 amide bonds. The standard InChI is InChI=1S/C16H17N3O2S2/c1-22-11-5-2-4-10(8-11)17-14(20)9-23-16-18-13-7-3-6-12(13)15(21)19-16/h2,4-5,8H,3,6-7,9H2,1H3,(H,17,20)(H,18,19,21). The predicted octanol–water partition coefficient (Wildman–Crippen LogP) is 2.71. The zero-order valence-corrected chi connectivity index (χ0v) is 14.4. The Morgan fingerprint density at radius 1 is 1.39 bits per heavy atom. The Morgan fingerprint density at radius 3 is 3.09 bits per heavy atom. The van der Waals surface area contributed by atoms with Gasteiger partial charge in [0.1, 0.15) is 0 Å². The highest BCUT2D eigenvalue weighted by molar-refractivity contribution is 7.99. The number of carbonyl (C=O) groups excluding carboxylic acids is 1. The molecule has 0 spiro atoms. The lowest BCUT2D eigenvalue weighted by Crippen LogP contribution is -2.17. The SMILES string of the molecule is CSc1cccc(NC(=O)CSc2nc3c(c(=O)[nH]2)CCC3)c1. The van der Waals surface area contributed by atoms with Crippen molar-refractivity contribution in [2.24, 2.45) is 0 Å². The van der Waals surface area contributed by atoms with E-state index in [4.69, 9.17) is 0 Å². The molecule has 2 aromatic rings. The molecular formula is C16H17N3O2S2. The second kappa shape index (κ2) is 7.23. The monoisotopic (exact) mass is 347 g/mol. The molecule has 0 radical (unpaired) electrons. The molecule has 23 heavy (non-hydrogen) atoms. The molecule has 1 aromatic carbocycles. The number of hydrogen-bond donors (Lipinski definition) is 2. The van der Waals surface area contributed by atoms with Crippen LogP contribution in [0.5, 0.6) is 0 Å². The lowest BCUT2D eigenvalue weighted by Gasteiger charge is -2.07. The summed E-state index contributed by atoms with van der Waals surface area (Å²) < 4.78 is 0. The fourth-order valence-electron chi connectivity index (χ4n) is 2.52. The molecule has 0 unspecified atom stereocenters. The van der Waals surface area contributed by atoms with Crippen LogP contribution in [0.2, 0.25) is 0 Å². The number of amides is 1. The van der Waals surface area contributed by atoms with Gasteiger partial charge in [0.05, 0.1) is 11.4 Å². The van der Waals surface area contributed by atoms with Gasteiger partial charge in [0.2, 0.25) is 5.91 Å². The van der Waals surface area contributed by atoms with Crippen LogP contribution >= 0.6 is 23.5 Å². The Morgan fingerprint density at radius 2 is 2.26 bits per heavy atom. The van der Waals surface area contributed by atoms with E-state index < -0.39 is 0 Å². The van der Waals surface area contributed by atoms with Crippen LogP contribution in [-0.2, 0) is 17.6 Å². The number of aromatic amines is 1. The van der Waals surface area contributed by atoms with Gasteiger partial charge in [-0.3, -0.25) is 9.59 Å². The minimum Gasteiger partial charge on any atom is -0.325 e. The van der Waals surface area contributed by atoms with Gasteiger partial charge in [-0.1, -0.05) is 17.8 Å². The van der Waals surface area contributed by atoms with Crippen molar-refractivity contribution in [1.29, 1.82) is 0 Å². The Bertz CT molecular complexity index is 789. The number of anilines is 1. The summed E-state index contributed by atoms with van der Waals surface area (Å²) in [6.07, 6.45) is 4.62. The second-order valence-corrected chi connectivity index (χ2v) is 7.06. The maximum absolute atomic E-state index is 12.0. The van der Waals surface area contributed by atoms with E-state index in [1.807, 2.05) is 30.5 Å². The molecule has 0 aliphatic heterocycles. The summed E-state index contributed by atoms with van der Waals surface area (Å²) >= 11 is 2.88. The van der Waals surface area contributed by atoms with E-state index in [2.05, 4.69) is 15.3 Å². The molecule has 0 saturated heterocycles. The van der Waals surface area contributed by atoms with Crippen molar-refractivity contribution in [3.8, 4) is 0 Å². The molecule has 1 aliphatic rings. The molecular weight excluding hydrogens is 330 g/mol. The average Bonchev–Trinajstić information content (AvgIpc) is 3.02. The topological polar surface area (TPSA) is 74.8 Å². The van der Waals surface area contributed by atoms with Crippen LogP contribution in [-0.4, -0.2) is 27.9 Å². The number of benzene rings is 1. The van der Waals surface area contributed by atoms with Crippen molar-refractivity contribution in [2.75, 3.05) is 17.3 Å².